The fraction of sp³-hybridized carbons (Fsp3) is 0.588. The number of hydrogen-bond donors (Lipinski definition) is 2. The summed E-state index contributed by atoms with van der Waals surface area (Å²) in [6.07, 6.45) is 6.96. The second kappa shape index (κ2) is 8.51. The molecule has 5 heteroatoms. The Balaban J connectivity index is 1.59. The van der Waals surface area contributed by atoms with Gasteiger partial charge in [-0.15, -0.1) is 0 Å². The van der Waals surface area contributed by atoms with Crippen molar-refractivity contribution in [3.8, 4) is 0 Å². The third-order valence-electron chi connectivity index (χ3n) is 4.08. The van der Waals surface area contributed by atoms with Crippen LogP contribution in [-0.4, -0.2) is 23.3 Å². The quantitative estimate of drug-likeness (QED) is 0.813. The normalized spacial score (nSPS) is 14.8. The fourth-order valence-electron chi connectivity index (χ4n) is 2.86. The SMILES string of the molecule is Cc1cccc(NC(=O)CCNC(=O)CCC2CCCC2)n1. The van der Waals surface area contributed by atoms with Gasteiger partial charge in [-0.1, -0.05) is 31.7 Å². The van der Waals surface area contributed by atoms with Gasteiger partial charge < -0.3 is 10.6 Å². The number of aryl methyl sites for hydroxylation is 1. The summed E-state index contributed by atoms with van der Waals surface area (Å²) in [4.78, 5) is 27.7. The van der Waals surface area contributed by atoms with Crippen LogP contribution in [0.2, 0.25) is 0 Å². The van der Waals surface area contributed by atoms with Gasteiger partial charge in [0, 0.05) is 25.1 Å². The van der Waals surface area contributed by atoms with Crippen molar-refractivity contribution in [2.45, 2.75) is 51.9 Å². The highest BCUT2D eigenvalue weighted by Gasteiger charge is 2.16. The van der Waals surface area contributed by atoms with Gasteiger partial charge in [-0.2, -0.15) is 0 Å². The molecule has 0 saturated heterocycles. The molecule has 0 bridgehead atoms. The van der Waals surface area contributed by atoms with E-state index in [2.05, 4.69) is 15.6 Å². The Bertz CT molecular complexity index is 510. The predicted octanol–water partition coefficient (Wildman–Crippen LogP) is 2.81. The molecule has 120 valence electrons. The smallest absolute Gasteiger partial charge is 0.227 e. The molecule has 1 saturated carbocycles. The van der Waals surface area contributed by atoms with Gasteiger partial charge in [-0.3, -0.25) is 9.59 Å². The number of carbonyl (C=O) groups is 2. The van der Waals surface area contributed by atoms with E-state index in [-0.39, 0.29) is 18.2 Å². The van der Waals surface area contributed by atoms with Gasteiger partial charge in [-0.25, -0.2) is 4.98 Å². The largest absolute Gasteiger partial charge is 0.356 e. The van der Waals surface area contributed by atoms with Gasteiger partial charge in [0.15, 0.2) is 0 Å². The van der Waals surface area contributed by atoms with Crippen molar-refractivity contribution in [2.24, 2.45) is 5.92 Å². The maximum absolute atomic E-state index is 11.8. The van der Waals surface area contributed by atoms with Gasteiger partial charge in [-0.05, 0) is 31.4 Å². The van der Waals surface area contributed by atoms with Crippen LogP contribution in [0.5, 0.6) is 0 Å². The highest BCUT2D eigenvalue weighted by molar-refractivity contribution is 5.90. The van der Waals surface area contributed by atoms with Crippen LogP contribution in [0.15, 0.2) is 18.2 Å². The number of hydrogen-bond acceptors (Lipinski definition) is 3. The van der Waals surface area contributed by atoms with Crippen LogP contribution in [0, 0.1) is 12.8 Å². The van der Waals surface area contributed by atoms with Gasteiger partial charge in [0.05, 0.1) is 0 Å². The van der Waals surface area contributed by atoms with E-state index in [0.29, 0.717) is 18.8 Å². The Hall–Kier alpha value is -1.91. The predicted molar refractivity (Wildman–Crippen MR) is 86.4 cm³/mol. The summed E-state index contributed by atoms with van der Waals surface area (Å²) in [7, 11) is 0. The number of aromatic nitrogens is 1. The molecule has 0 aromatic carbocycles. The van der Waals surface area contributed by atoms with Gasteiger partial charge >= 0.3 is 0 Å². The summed E-state index contributed by atoms with van der Waals surface area (Å²) in [6.45, 7) is 2.25. The van der Waals surface area contributed by atoms with E-state index >= 15 is 0 Å². The van der Waals surface area contributed by atoms with Crippen molar-refractivity contribution >= 4 is 17.6 Å². The first-order chi connectivity index (χ1) is 10.6. The minimum absolute atomic E-state index is 0.0494. The molecule has 1 aliphatic rings. The molecule has 5 nitrogen and oxygen atoms in total. The number of nitrogens with one attached hydrogen (secondary N) is 2. The van der Waals surface area contributed by atoms with Crippen molar-refractivity contribution in [1.29, 1.82) is 0 Å². The third kappa shape index (κ3) is 5.84. The van der Waals surface area contributed by atoms with E-state index in [0.717, 1.165) is 18.0 Å². The molecule has 0 aliphatic heterocycles. The fourth-order valence-corrected chi connectivity index (χ4v) is 2.86. The molecule has 1 fully saturated rings. The second-order valence-corrected chi connectivity index (χ2v) is 6.00. The van der Waals surface area contributed by atoms with Crippen LogP contribution >= 0.6 is 0 Å². The first-order valence-corrected chi connectivity index (χ1v) is 8.13. The minimum Gasteiger partial charge on any atom is -0.356 e. The van der Waals surface area contributed by atoms with E-state index in [9.17, 15) is 9.59 Å². The second-order valence-electron chi connectivity index (χ2n) is 6.00. The highest BCUT2D eigenvalue weighted by atomic mass is 16.2. The molecule has 0 radical (unpaired) electrons. The molecule has 22 heavy (non-hydrogen) atoms. The molecule has 0 atom stereocenters. The molecule has 1 aromatic rings. The molecular weight excluding hydrogens is 278 g/mol. The van der Waals surface area contributed by atoms with Crippen LogP contribution in [0.3, 0.4) is 0 Å². The van der Waals surface area contributed by atoms with Crippen molar-refractivity contribution in [3.05, 3.63) is 23.9 Å². The number of rotatable bonds is 7. The van der Waals surface area contributed by atoms with E-state index in [1.807, 2.05) is 19.1 Å². The van der Waals surface area contributed by atoms with Crippen LogP contribution in [-0.2, 0) is 9.59 Å². The summed E-state index contributed by atoms with van der Waals surface area (Å²) >= 11 is 0. The lowest BCUT2D eigenvalue weighted by Crippen LogP contribution is -2.27. The number of pyridine rings is 1. The molecule has 0 unspecified atom stereocenters. The number of amides is 2. The van der Waals surface area contributed by atoms with Crippen LogP contribution < -0.4 is 10.6 Å². The van der Waals surface area contributed by atoms with Crippen molar-refractivity contribution in [3.63, 3.8) is 0 Å². The average molecular weight is 303 g/mol. The zero-order valence-corrected chi connectivity index (χ0v) is 13.2. The molecular formula is C17H25N3O2. The van der Waals surface area contributed by atoms with Gasteiger partial charge in [0.1, 0.15) is 5.82 Å². The van der Waals surface area contributed by atoms with Crippen LogP contribution in [0.1, 0.15) is 50.6 Å². The highest BCUT2D eigenvalue weighted by Crippen LogP contribution is 2.28. The average Bonchev–Trinajstić information content (AvgIpc) is 2.98. The molecule has 2 amide bonds. The lowest BCUT2D eigenvalue weighted by atomic mass is 10.0. The zero-order chi connectivity index (χ0) is 15.8. The topological polar surface area (TPSA) is 71.1 Å². The molecule has 0 spiro atoms. The summed E-state index contributed by atoms with van der Waals surface area (Å²) < 4.78 is 0. The summed E-state index contributed by atoms with van der Waals surface area (Å²) in [5.41, 5.74) is 0.859. The van der Waals surface area contributed by atoms with E-state index < -0.39 is 0 Å². The number of carbonyl (C=O) groups excluding carboxylic acids is 2. The molecule has 1 heterocycles. The Morgan fingerprint density at radius 2 is 1.95 bits per heavy atom. The lowest BCUT2D eigenvalue weighted by Gasteiger charge is -2.09. The van der Waals surface area contributed by atoms with Crippen LogP contribution in [0.4, 0.5) is 5.82 Å². The van der Waals surface area contributed by atoms with Crippen molar-refractivity contribution in [2.75, 3.05) is 11.9 Å². The Kier molecular flexibility index (Phi) is 6.37. The maximum Gasteiger partial charge on any atom is 0.227 e. The lowest BCUT2D eigenvalue weighted by molar-refractivity contribution is -0.121. The number of anilines is 1. The number of nitrogens with zero attached hydrogens (tertiary/aromatic N) is 1. The first kappa shape index (κ1) is 16.5. The maximum atomic E-state index is 11.8. The molecule has 2 rings (SSSR count). The Labute approximate surface area is 131 Å². The van der Waals surface area contributed by atoms with E-state index in [1.54, 1.807) is 6.07 Å². The van der Waals surface area contributed by atoms with Gasteiger partial charge in [0.25, 0.3) is 0 Å². The standard InChI is InChI=1S/C17H25N3O2/c1-13-5-4-8-15(19-13)20-17(22)11-12-18-16(21)10-9-14-6-2-3-7-14/h4-5,8,14H,2-3,6-7,9-12H2,1H3,(H,18,21)(H,19,20,22). The monoisotopic (exact) mass is 303 g/mol. The van der Waals surface area contributed by atoms with Crippen LogP contribution in [0.25, 0.3) is 0 Å². The Morgan fingerprint density at radius 3 is 2.68 bits per heavy atom. The van der Waals surface area contributed by atoms with Gasteiger partial charge in [0.2, 0.25) is 11.8 Å². The summed E-state index contributed by atoms with van der Waals surface area (Å²) in [5.74, 6) is 1.20. The molecule has 1 aromatic heterocycles. The molecule has 1 aliphatic carbocycles. The summed E-state index contributed by atoms with van der Waals surface area (Å²) in [5, 5.41) is 5.55. The first-order valence-electron chi connectivity index (χ1n) is 8.13. The van der Waals surface area contributed by atoms with E-state index in [1.165, 1.54) is 25.7 Å². The zero-order valence-electron chi connectivity index (χ0n) is 13.2. The third-order valence-corrected chi connectivity index (χ3v) is 4.08. The van der Waals surface area contributed by atoms with E-state index in [4.69, 9.17) is 0 Å². The Morgan fingerprint density at radius 1 is 1.18 bits per heavy atom. The van der Waals surface area contributed by atoms with Crippen molar-refractivity contribution < 1.29 is 9.59 Å². The van der Waals surface area contributed by atoms with Crippen molar-refractivity contribution in [1.82, 2.24) is 10.3 Å². The molecule has 2 N–H and O–H groups in total. The minimum atomic E-state index is -0.130. The summed E-state index contributed by atoms with van der Waals surface area (Å²) in [6, 6.07) is 5.48.